The van der Waals surface area contributed by atoms with Gasteiger partial charge in [-0.1, -0.05) is 17.7 Å². The van der Waals surface area contributed by atoms with E-state index in [9.17, 15) is 9.50 Å². The summed E-state index contributed by atoms with van der Waals surface area (Å²) < 4.78 is 25.1. The Morgan fingerprint density at radius 3 is 2.64 bits per heavy atom. The number of hydrogen-bond acceptors (Lipinski definition) is 7. The van der Waals surface area contributed by atoms with Gasteiger partial charge in [-0.15, -0.1) is 0 Å². The van der Waals surface area contributed by atoms with E-state index in [0.29, 0.717) is 61.5 Å². The molecule has 0 bridgehead atoms. The van der Waals surface area contributed by atoms with Gasteiger partial charge in [0.2, 0.25) is 0 Å². The number of pyridine rings is 1. The van der Waals surface area contributed by atoms with E-state index in [1.807, 2.05) is 6.07 Å². The number of hydrogen-bond donors (Lipinski definition) is 4. The zero-order valence-corrected chi connectivity index (χ0v) is 21.9. The van der Waals surface area contributed by atoms with Crippen LogP contribution in [0.5, 0.6) is 0 Å². The van der Waals surface area contributed by atoms with Gasteiger partial charge in [0, 0.05) is 69.6 Å². The van der Waals surface area contributed by atoms with E-state index in [1.54, 1.807) is 25.4 Å². The number of anilines is 2. The molecule has 1 aromatic heterocycles. The molecule has 2 aliphatic rings. The third-order valence-electron chi connectivity index (χ3n) is 7.18. The van der Waals surface area contributed by atoms with Crippen LogP contribution < -0.4 is 16.0 Å². The molecule has 1 aliphatic carbocycles. The molecular formula is C27H38ClFN4O3. The number of nitrogens with one attached hydrogen (secondary N) is 3. The molecule has 1 saturated heterocycles. The normalized spacial score (nSPS) is 22.7. The van der Waals surface area contributed by atoms with Gasteiger partial charge < -0.3 is 30.5 Å². The third-order valence-corrected chi connectivity index (χ3v) is 7.48. The quantitative estimate of drug-likeness (QED) is 0.356. The fraction of sp³-hybridized carbons (Fsp3) is 0.593. The van der Waals surface area contributed by atoms with Crippen molar-refractivity contribution in [2.75, 3.05) is 44.1 Å². The van der Waals surface area contributed by atoms with E-state index in [1.165, 1.54) is 6.07 Å². The van der Waals surface area contributed by atoms with Crippen molar-refractivity contribution in [3.05, 3.63) is 41.3 Å². The second-order valence-electron chi connectivity index (χ2n) is 10.2. The van der Waals surface area contributed by atoms with Crippen molar-refractivity contribution in [3.63, 3.8) is 0 Å². The fourth-order valence-electron chi connectivity index (χ4n) is 5.07. The Morgan fingerprint density at radius 1 is 1.19 bits per heavy atom. The number of aliphatic hydroxyl groups is 1. The van der Waals surface area contributed by atoms with E-state index < -0.39 is 5.60 Å². The molecule has 2 aromatic rings. The van der Waals surface area contributed by atoms with E-state index in [0.717, 1.165) is 42.6 Å². The highest BCUT2D eigenvalue weighted by molar-refractivity contribution is 6.33. The van der Waals surface area contributed by atoms with Crippen molar-refractivity contribution in [2.45, 2.75) is 69.2 Å². The summed E-state index contributed by atoms with van der Waals surface area (Å²) in [5.74, 6) is 0.386. The number of methoxy groups -OCH3 is 1. The summed E-state index contributed by atoms with van der Waals surface area (Å²) in [6.45, 7) is 4.14. The molecule has 2 fully saturated rings. The van der Waals surface area contributed by atoms with Crippen LogP contribution >= 0.6 is 11.6 Å². The summed E-state index contributed by atoms with van der Waals surface area (Å²) in [6, 6.07) is 8.00. The van der Waals surface area contributed by atoms with Gasteiger partial charge in [0.15, 0.2) is 0 Å². The molecule has 4 N–H and O–H groups in total. The molecule has 9 heteroatoms. The van der Waals surface area contributed by atoms with Crippen LogP contribution in [-0.2, 0) is 9.47 Å². The molecule has 0 amide bonds. The average molecular weight is 521 g/mol. The van der Waals surface area contributed by atoms with Crippen LogP contribution in [0.25, 0.3) is 11.1 Å². The van der Waals surface area contributed by atoms with Crippen LogP contribution in [0.1, 0.15) is 45.4 Å². The lowest BCUT2D eigenvalue weighted by atomic mass is 9.90. The lowest BCUT2D eigenvalue weighted by molar-refractivity contribution is -0.0543. The summed E-state index contributed by atoms with van der Waals surface area (Å²) in [5.41, 5.74) is 1.00. The van der Waals surface area contributed by atoms with Crippen molar-refractivity contribution < 1.29 is 19.0 Å². The molecule has 1 aliphatic heterocycles. The van der Waals surface area contributed by atoms with Gasteiger partial charge in [-0.25, -0.2) is 9.37 Å². The number of rotatable bonds is 10. The first kappa shape index (κ1) is 27.1. The van der Waals surface area contributed by atoms with Crippen LogP contribution in [0.15, 0.2) is 30.5 Å². The van der Waals surface area contributed by atoms with E-state index in [2.05, 4.69) is 27.9 Å². The van der Waals surface area contributed by atoms with Gasteiger partial charge in [-0.3, -0.25) is 0 Å². The smallest absolute Gasteiger partial charge is 0.146 e. The zero-order chi connectivity index (χ0) is 25.5. The molecule has 1 aromatic carbocycles. The maximum atomic E-state index is 14.6. The highest BCUT2D eigenvalue weighted by atomic mass is 35.5. The summed E-state index contributed by atoms with van der Waals surface area (Å²) in [4.78, 5) is 4.49. The first-order valence-corrected chi connectivity index (χ1v) is 13.2. The molecule has 4 rings (SSSR count). The zero-order valence-electron chi connectivity index (χ0n) is 21.2. The predicted octanol–water partition coefficient (Wildman–Crippen LogP) is 4.84. The molecule has 198 valence electrons. The average Bonchev–Trinajstić information content (AvgIpc) is 2.87. The molecule has 0 radical (unpaired) electrons. The number of benzene rings is 1. The number of nitrogens with zero attached hydrogens (tertiary/aromatic N) is 1. The molecule has 1 saturated carbocycles. The molecule has 7 nitrogen and oxygen atoms in total. The van der Waals surface area contributed by atoms with Gasteiger partial charge in [-0.05, 0) is 56.4 Å². The van der Waals surface area contributed by atoms with Gasteiger partial charge in [-0.2, -0.15) is 0 Å². The summed E-state index contributed by atoms with van der Waals surface area (Å²) in [5, 5.41) is 21.5. The van der Waals surface area contributed by atoms with Crippen molar-refractivity contribution >= 4 is 23.1 Å². The Balaban J connectivity index is 1.39. The monoisotopic (exact) mass is 520 g/mol. The van der Waals surface area contributed by atoms with E-state index in [4.69, 9.17) is 21.1 Å². The molecule has 36 heavy (non-hydrogen) atoms. The highest BCUT2D eigenvalue weighted by Crippen LogP contribution is 2.33. The lowest BCUT2D eigenvalue weighted by Gasteiger charge is -2.32. The van der Waals surface area contributed by atoms with Gasteiger partial charge in [0.25, 0.3) is 0 Å². The molecule has 1 atom stereocenters. The van der Waals surface area contributed by atoms with Crippen LogP contribution in [0, 0.1) is 5.82 Å². The van der Waals surface area contributed by atoms with E-state index in [-0.39, 0.29) is 12.4 Å². The number of aromatic nitrogens is 1. The molecule has 1 unspecified atom stereocenters. The summed E-state index contributed by atoms with van der Waals surface area (Å²) >= 11 is 6.50. The van der Waals surface area contributed by atoms with Crippen molar-refractivity contribution in [1.29, 1.82) is 0 Å². The van der Waals surface area contributed by atoms with Crippen LogP contribution in [-0.4, -0.2) is 67.3 Å². The Hall–Kier alpha value is -1.97. The number of halogens is 2. The maximum Gasteiger partial charge on any atom is 0.146 e. The first-order chi connectivity index (χ1) is 17.3. The Labute approximate surface area is 218 Å². The van der Waals surface area contributed by atoms with Crippen molar-refractivity contribution in [1.82, 2.24) is 10.3 Å². The largest absolute Gasteiger partial charge is 0.388 e. The van der Waals surface area contributed by atoms with E-state index >= 15 is 0 Å². The molecule has 2 heterocycles. The van der Waals surface area contributed by atoms with Crippen molar-refractivity contribution in [3.8, 4) is 11.1 Å². The minimum atomic E-state index is -0.900. The van der Waals surface area contributed by atoms with Gasteiger partial charge in [0.1, 0.15) is 11.6 Å². The fourth-order valence-corrected chi connectivity index (χ4v) is 5.28. The first-order valence-electron chi connectivity index (χ1n) is 12.9. The summed E-state index contributed by atoms with van der Waals surface area (Å²) in [7, 11) is 1.73. The number of ether oxygens (including phenoxy) is 2. The lowest BCUT2D eigenvalue weighted by Crippen LogP contribution is -2.42. The SMILES string of the molecule is COCC(C)NC1CCC(Nc2cc(-c3ccc(F)c(NCC4(O)CCOCC4)c3)c(Cl)cn2)CC1. The maximum absolute atomic E-state index is 14.6. The Morgan fingerprint density at radius 2 is 1.92 bits per heavy atom. The van der Waals surface area contributed by atoms with Crippen molar-refractivity contribution in [2.24, 2.45) is 0 Å². The van der Waals surface area contributed by atoms with Crippen LogP contribution in [0.4, 0.5) is 15.9 Å². The molecule has 0 spiro atoms. The van der Waals surface area contributed by atoms with Gasteiger partial charge in [0.05, 0.1) is 22.9 Å². The summed E-state index contributed by atoms with van der Waals surface area (Å²) in [6.07, 6.45) is 6.98. The highest BCUT2D eigenvalue weighted by Gasteiger charge is 2.30. The Kier molecular flexibility index (Phi) is 9.41. The minimum Gasteiger partial charge on any atom is -0.388 e. The second kappa shape index (κ2) is 12.5. The van der Waals surface area contributed by atoms with Gasteiger partial charge >= 0.3 is 0 Å². The minimum absolute atomic E-state index is 0.259. The predicted molar refractivity (Wildman–Crippen MR) is 142 cm³/mol. The third kappa shape index (κ3) is 7.29. The standard InChI is InChI=1S/C27H38ClFN4O3/c1-18(16-35-2)32-20-4-6-21(7-5-20)33-26-14-22(23(28)15-30-26)19-3-8-24(29)25(13-19)31-17-27(34)9-11-36-12-10-27/h3,8,13-15,18,20-21,31-32,34H,4-7,9-12,16-17H2,1-2H3,(H,30,33). The molecular weight excluding hydrogens is 483 g/mol. The van der Waals surface area contributed by atoms with Crippen LogP contribution in [0.2, 0.25) is 5.02 Å². The van der Waals surface area contributed by atoms with Crippen LogP contribution in [0.3, 0.4) is 0 Å². The second-order valence-corrected chi connectivity index (χ2v) is 10.6. The Bertz CT molecular complexity index is 997. The topological polar surface area (TPSA) is 87.7 Å².